The summed E-state index contributed by atoms with van der Waals surface area (Å²) in [6.07, 6.45) is 48.3. The van der Waals surface area contributed by atoms with Gasteiger partial charge >= 0.3 is 5.97 Å². The second-order valence-electron chi connectivity index (χ2n) is 14.1. The van der Waals surface area contributed by atoms with E-state index in [-0.39, 0.29) is 11.7 Å². The number of hydrogen-bond donors (Lipinski definition) is 1. The summed E-state index contributed by atoms with van der Waals surface area (Å²) in [5.41, 5.74) is 0.871. The van der Waals surface area contributed by atoms with Gasteiger partial charge in [0.15, 0.2) is 0 Å². The molecule has 0 saturated heterocycles. The molecular formula is C43H76O3. The van der Waals surface area contributed by atoms with Crippen molar-refractivity contribution in [1.82, 2.24) is 0 Å². The summed E-state index contributed by atoms with van der Waals surface area (Å²) in [5, 5.41) is 9.29. The first-order chi connectivity index (χ1) is 22.7. The fourth-order valence-corrected chi connectivity index (χ4v) is 6.45. The Hall–Kier alpha value is -1.77. The van der Waals surface area contributed by atoms with Crippen LogP contribution in [0.5, 0.6) is 5.75 Å². The van der Waals surface area contributed by atoms with Gasteiger partial charge in [0.25, 0.3) is 0 Å². The van der Waals surface area contributed by atoms with Crippen LogP contribution >= 0.6 is 0 Å². The van der Waals surface area contributed by atoms with Gasteiger partial charge in [0, 0.05) is 6.08 Å². The Morgan fingerprint density at radius 3 is 1.07 bits per heavy atom. The number of carbonyl (C=O) groups excluding carboxylic acids is 1. The molecule has 0 aliphatic heterocycles. The molecule has 0 aliphatic carbocycles. The third-order valence-corrected chi connectivity index (χ3v) is 9.55. The van der Waals surface area contributed by atoms with Crippen LogP contribution in [-0.2, 0) is 9.53 Å². The number of phenolic OH excluding ortho intramolecular Hbond substituents is 1. The first kappa shape index (κ1) is 42.3. The zero-order chi connectivity index (χ0) is 33.0. The predicted octanol–water partition coefficient (Wildman–Crippen LogP) is 14.5. The minimum Gasteiger partial charge on any atom is -0.508 e. The van der Waals surface area contributed by atoms with Gasteiger partial charge in [0.2, 0.25) is 0 Å². The summed E-state index contributed by atoms with van der Waals surface area (Å²) in [4.78, 5) is 11.8. The van der Waals surface area contributed by atoms with Crippen molar-refractivity contribution < 1.29 is 14.6 Å². The predicted molar refractivity (Wildman–Crippen MR) is 202 cm³/mol. The van der Waals surface area contributed by atoms with Gasteiger partial charge in [-0.3, -0.25) is 0 Å². The largest absolute Gasteiger partial charge is 0.508 e. The number of ether oxygens (including phenoxy) is 1. The molecule has 0 heterocycles. The molecule has 266 valence electrons. The first-order valence-electron chi connectivity index (χ1n) is 20.4. The van der Waals surface area contributed by atoms with Crippen LogP contribution < -0.4 is 0 Å². The summed E-state index contributed by atoms with van der Waals surface area (Å²) in [7, 11) is 0. The van der Waals surface area contributed by atoms with E-state index in [9.17, 15) is 9.90 Å². The molecule has 0 saturated carbocycles. The molecule has 1 aromatic carbocycles. The lowest BCUT2D eigenvalue weighted by molar-refractivity contribution is -0.137. The number of carbonyl (C=O) groups is 1. The van der Waals surface area contributed by atoms with E-state index in [0.717, 1.165) is 18.4 Å². The highest BCUT2D eigenvalue weighted by Crippen LogP contribution is 2.17. The molecule has 0 radical (unpaired) electrons. The van der Waals surface area contributed by atoms with Crippen LogP contribution in [0.4, 0.5) is 0 Å². The van der Waals surface area contributed by atoms with Crippen LogP contribution in [0.25, 0.3) is 6.08 Å². The van der Waals surface area contributed by atoms with Crippen molar-refractivity contribution in [2.24, 2.45) is 0 Å². The number of esters is 1. The zero-order valence-corrected chi connectivity index (χ0v) is 30.6. The van der Waals surface area contributed by atoms with Crippen molar-refractivity contribution in [2.75, 3.05) is 6.61 Å². The normalized spacial score (nSPS) is 11.5. The van der Waals surface area contributed by atoms with E-state index in [2.05, 4.69) is 6.92 Å². The minimum absolute atomic E-state index is 0.223. The molecule has 0 amide bonds. The zero-order valence-electron chi connectivity index (χ0n) is 30.6. The molecule has 1 rings (SSSR count). The lowest BCUT2D eigenvalue weighted by atomic mass is 10.0. The maximum absolute atomic E-state index is 11.8. The Kier molecular flexibility index (Phi) is 31.7. The van der Waals surface area contributed by atoms with Crippen molar-refractivity contribution >= 4 is 12.0 Å². The van der Waals surface area contributed by atoms with Crippen LogP contribution in [0.15, 0.2) is 30.3 Å². The molecule has 0 fully saturated rings. The number of benzene rings is 1. The van der Waals surface area contributed by atoms with E-state index in [1.165, 1.54) is 199 Å². The third kappa shape index (κ3) is 30.9. The van der Waals surface area contributed by atoms with Crippen LogP contribution in [0.2, 0.25) is 0 Å². The summed E-state index contributed by atoms with van der Waals surface area (Å²) >= 11 is 0. The fourth-order valence-electron chi connectivity index (χ4n) is 6.45. The second-order valence-corrected chi connectivity index (χ2v) is 14.1. The molecule has 0 atom stereocenters. The smallest absolute Gasteiger partial charge is 0.330 e. The Morgan fingerprint density at radius 1 is 0.478 bits per heavy atom. The van der Waals surface area contributed by atoms with Crippen molar-refractivity contribution in [3.63, 3.8) is 0 Å². The summed E-state index contributed by atoms with van der Waals surface area (Å²) in [6.45, 7) is 2.80. The average molecular weight is 641 g/mol. The van der Waals surface area contributed by atoms with Gasteiger partial charge in [0.05, 0.1) is 6.61 Å². The van der Waals surface area contributed by atoms with E-state index in [0.29, 0.717) is 6.61 Å². The standard InChI is InChI=1S/C43H76O3/c1-2-3-4-5-6-7-8-9-10-11-12-13-14-15-16-17-18-19-20-21-22-23-24-25-26-27-28-29-30-31-32-33-40-46-43(45)39-36-41-34-37-42(44)38-35-41/h34-39,44H,2-33,40H2,1H3. The van der Waals surface area contributed by atoms with E-state index in [4.69, 9.17) is 4.74 Å². The Bertz CT molecular complexity index is 784. The number of rotatable bonds is 35. The molecule has 0 unspecified atom stereocenters. The topological polar surface area (TPSA) is 46.5 Å². The molecule has 0 spiro atoms. The molecule has 1 aromatic rings. The van der Waals surface area contributed by atoms with Crippen LogP contribution in [0.3, 0.4) is 0 Å². The monoisotopic (exact) mass is 641 g/mol. The van der Waals surface area contributed by atoms with Crippen molar-refractivity contribution in [3.05, 3.63) is 35.9 Å². The SMILES string of the molecule is CCCCCCCCCCCCCCCCCCCCCCCCCCCCCCCCCCOC(=O)C=Cc1ccc(O)cc1. The summed E-state index contributed by atoms with van der Waals surface area (Å²) < 4.78 is 5.28. The number of phenols is 1. The number of unbranched alkanes of at least 4 members (excludes halogenated alkanes) is 31. The number of aromatic hydroxyl groups is 1. The van der Waals surface area contributed by atoms with Crippen LogP contribution in [0.1, 0.15) is 218 Å². The quantitative estimate of drug-likeness (QED) is 0.0456. The average Bonchev–Trinajstić information content (AvgIpc) is 3.06. The highest BCUT2D eigenvalue weighted by molar-refractivity contribution is 5.87. The molecule has 0 bridgehead atoms. The lowest BCUT2D eigenvalue weighted by Crippen LogP contribution is -2.02. The molecule has 0 aromatic heterocycles. The first-order valence-corrected chi connectivity index (χ1v) is 20.4. The number of hydrogen-bond acceptors (Lipinski definition) is 3. The molecule has 0 aliphatic rings. The van der Waals surface area contributed by atoms with Gasteiger partial charge in [0.1, 0.15) is 5.75 Å². The molecule has 46 heavy (non-hydrogen) atoms. The fraction of sp³-hybridized carbons (Fsp3) is 0.791. The van der Waals surface area contributed by atoms with Gasteiger partial charge in [-0.15, -0.1) is 0 Å². The van der Waals surface area contributed by atoms with Gasteiger partial charge in [-0.05, 0) is 30.2 Å². The highest BCUT2D eigenvalue weighted by atomic mass is 16.5. The molecular weight excluding hydrogens is 564 g/mol. The summed E-state index contributed by atoms with van der Waals surface area (Å²) in [6, 6.07) is 6.75. The molecule has 3 heteroatoms. The van der Waals surface area contributed by atoms with Gasteiger partial charge < -0.3 is 9.84 Å². The van der Waals surface area contributed by atoms with E-state index >= 15 is 0 Å². The van der Waals surface area contributed by atoms with E-state index in [1.807, 2.05) is 0 Å². The maximum Gasteiger partial charge on any atom is 0.330 e. The van der Waals surface area contributed by atoms with Crippen molar-refractivity contribution in [2.45, 2.75) is 212 Å². The summed E-state index contributed by atoms with van der Waals surface area (Å²) in [5.74, 6) is -0.0740. The van der Waals surface area contributed by atoms with Gasteiger partial charge in [-0.1, -0.05) is 218 Å². The minimum atomic E-state index is -0.297. The Morgan fingerprint density at radius 2 is 0.761 bits per heavy atom. The van der Waals surface area contributed by atoms with E-state index < -0.39 is 0 Å². The van der Waals surface area contributed by atoms with E-state index in [1.54, 1.807) is 30.3 Å². The van der Waals surface area contributed by atoms with Crippen LogP contribution in [0, 0.1) is 0 Å². The Labute approximate surface area is 286 Å². The van der Waals surface area contributed by atoms with Gasteiger partial charge in [-0.2, -0.15) is 0 Å². The van der Waals surface area contributed by atoms with Crippen molar-refractivity contribution in [1.29, 1.82) is 0 Å². The maximum atomic E-state index is 11.8. The van der Waals surface area contributed by atoms with Gasteiger partial charge in [-0.25, -0.2) is 4.79 Å². The third-order valence-electron chi connectivity index (χ3n) is 9.55. The molecule has 1 N–H and O–H groups in total. The lowest BCUT2D eigenvalue weighted by Gasteiger charge is -2.05. The van der Waals surface area contributed by atoms with Crippen LogP contribution in [-0.4, -0.2) is 17.7 Å². The molecule has 3 nitrogen and oxygen atoms in total. The second kappa shape index (κ2) is 34.6. The Balaban J connectivity index is 1.67. The highest BCUT2D eigenvalue weighted by Gasteiger charge is 1.99. The van der Waals surface area contributed by atoms with Crippen molar-refractivity contribution in [3.8, 4) is 5.75 Å².